The van der Waals surface area contributed by atoms with Gasteiger partial charge in [0.25, 0.3) is 0 Å². The first kappa shape index (κ1) is 6.39. The molecule has 3 N–H and O–H groups in total. The van der Waals surface area contributed by atoms with Crippen LogP contribution < -0.4 is 11.1 Å². The van der Waals surface area contributed by atoms with Crippen LogP contribution in [0.4, 0.5) is 0 Å². The summed E-state index contributed by atoms with van der Waals surface area (Å²) in [6.07, 6.45) is 0. The van der Waals surface area contributed by atoms with Crippen LogP contribution in [0.3, 0.4) is 0 Å². The van der Waals surface area contributed by atoms with E-state index in [1.807, 2.05) is 0 Å². The summed E-state index contributed by atoms with van der Waals surface area (Å²) >= 11 is 1.77. The maximum absolute atomic E-state index is 5.82. The number of thioether (sulfide) groups is 1. The van der Waals surface area contributed by atoms with Crippen molar-refractivity contribution in [2.45, 2.75) is 24.8 Å². The molecular weight excluding hydrogens is 120 g/mol. The van der Waals surface area contributed by atoms with Gasteiger partial charge in [-0.1, -0.05) is 0 Å². The van der Waals surface area contributed by atoms with E-state index in [4.69, 9.17) is 5.73 Å². The van der Waals surface area contributed by atoms with Crippen LogP contribution in [-0.4, -0.2) is 16.8 Å². The molecule has 1 rings (SSSR count). The lowest BCUT2D eigenvalue weighted by molar-refractivity contribution is 0.506. The highest BCUT2D eigenvalue weighted by atomic mass is 32.2. The molecule has 8 heavy (non-hydrogen) atoms. The molecule has 0 aromatic rings. The predicted octanol–water partition coefficient (Wildman–Crippen LogP) is 0.344. The fourth-order valence-corrected chi connectivity index (χ4v) is 1.63. The Morgan fingerprint density at radius 2 is 2.50 bits per heavy atom. The summed E-state index contributed by atoms with van der Waals surface area (Å²) in [6, 6.07) is 0.451. The van der Waals surface area contributed by atoms with Crippen molar-refractivity contribution in [1.82, 2.24) is 5.32 Å². The third-order valence-corrected chi connectivity index (χ3v) is 2.92. The molecule has 0 aromatic carbocycles. The Kier molecular flexibility index (Phi) is 1.52. The molecule has 0 saturated carbocycles. The monoisotopic (exact) mass is 132 g/mol. The highest BCUT2D eigenvalue weighted by Gasteiger charge is 2.31. The molecule has 0 aromatic heterocycles. The molecule has 0 aliphatic carbocycles. The van der Waals surface area contributed by atoms with Crippen molar-refractivity contribution in [2.24, 2.45) is 5.73 Å². The molecule has 1 saturated heterocycles. The van der Waals surface area contributed by atoms with E-state index in [0.717, 1.165) is 5.88 Å². The topological polar surface area (TPSA) is 38.0 Å². The van der Waals surface area contributed by atoms with Crippen LogP contribution >= 0.6 is 11.8 Å². The first-order valence-electron chi connectivity index (χ1n) is 2.79. The summed E-state index contributed by atoms with van der Waals surface area (Å²) in [4.78, 5) is -0.0417. The Hall–Kier alpha value is 0.270. The van der Waals surface area contributed by atoms with Crippen molar-refractivity contribution in [3.63, 3.8) is 0 Å². The van der Waals surface area contributed by atoms with Crippen molar-refractivity contribution in [3.8, 4) is 0 Å². The number of hydrogen-bond donors (Lipinski definition) is 2. The van der Waals surface area contributed by atoms with Gasteiger partial charge in [-0.15, -0.1) is 11.8 Å². The molecular formula is C5H12N2S. The van der Waals surface area contributed by atoms with Gasteiger partial charge in [0.15, 0.2) is 0 Å². The van der Waals surface area contributed by atoms with Crippen LogP contribution in [0.5, 0.6) is 0 Å². The summed E-state index contributed by atoms with van der Waals surface area (Å²) < 4.78 is 0. The predicted molar refractivity (Wildman–Crippen MR) is 37.6 cm³/mol. The third-order valence-electron chi connectivity index (χ3n) is 1.63. The fourth-order valence-electron chi connectivity index (χ4n) is 0.650. The number of nitrogens with one attached hydrogen (secondary N) is 1. The molecule has 2 atom stereocenters. The molecule has 1 fully saturated rings. The molecule has 1 aliphatic heterocycles. The van der Waals surface area contributed by atoms with Crippen LogP contribution in [0.1, 0.15) is 13.8 Å². The smallest absolute Gasteiger partial charge is 0.0757 e. The molecule has 48 valence electrons. The van der Waals surface area contributed by atoms with Gasteiger partial charge in [0, 0.05) is 11.9 Å². The first-order chi connectivity index (χ1) is 3.63. The zero-order chi connectivity index (χ0) is 6.20. The number of rotatable bonds is 0. The average Bonchev–Trinajstić information content (AvgIpc) is 1.86. The largest absolute Gasteiger partial charge is 0.316 e. The molecule has 2 unspecified atom stereocenters. The van der Waals surface area contributed by atoms with Crippen molar-refractivity contribution >= 4 is 11.8 Å². The van der Waals surface area contributed by atoms with Crippen LogP contribution in [0.25, 0.3) is 0 Å². The summed E-state index contributed by atoms with van der Waals surface area (Å²) in [7, 11) is 0. The lowest BCUT2D eigenvalue weighted by Gasteiger charge is -2.20. The van der Waals surface area contributed by atoms with E-state index >= 15 is 0 Å². The Balaban J connectivity index is 2.54. The lowest BCUT2D eigenvalue weighted by Crippen LogP contribution is -2.43. The second-order valence-electron chi connectivity index (χ2n) is 2.40. The minimum atomic E-state index is -0.0417. The van der Waals surface area contributed by atoms with Gasteiger partial charge in [-0.2, -0.15) is 0 Å². The average molecular weight is 132 g/mol. The van der Waals surface area contributed by atoms with E-state index in [1.165, 1.54) is 0 Å². The number of nitrogens with two attached hydrogens (primary N) is 1. The summed E-state index contributed by atoms with van der Waals surface area (Å²) in [5.41, 5.74) is 5.82. The summed E-state index contributed by atoms with van der Waals surface area (Å²) in [5.74, 6) is 0.994. The zero-order valence-corrected chi connectivity index (χ0v) is 6.09. The van der Waals surface area contributed by atoms with Crippen LogP contribution in [0.15, 0.2) is 0 Å². The lowest BCUT2D eigenvalue weighted by atomic mass is 10.2. The van der Waals surface area contributed by atoms with Crippen molar-refractivity contribution in [2.75, 3.05) is 5.88 Å². The van der Waals surface area contributed by atoms with Gasteiger partial charge in [0.05, 0.1) is 4.87 Å². The van der Waals surface area contributed by atoms with Gasteiger partial charge < -0.3 is 11.1 Å². The molecule has 0 bridgehead atoms. The summed E-state index contributed by atoms with van der Waals surface area (Å²) in [6.45, 7) is 4.17. The second-order valence-corrected chi connectivity index (χ2v) is 3.86. The fraction of sp³-hybridized carbons (Fsp3) is 1.00. The van der Waals surface area contributed by atoms with Crippen LogP contribution in [0.2, 0.25) is 0 Å². The Labute approximate surface area is 54.2 Å². The Morgan fingerprint density at radius 3 is 2.62 bits per heavy atom. The van der Waals surface area contributed by atoms with Gasteiger partial charge in [-0.3, -0.25) is 0 Å². The molecule has 1 heterocycles. The van der Waals surface area contributed by atoms with Crippen LogP contribution in [0, 0.1) is 0 Å². The van der Waals surface area contributed by atoms with E-state index in [9.17, 15) is 0 Å². The van der Waals surface area contributed by atoms with E-state index < -0.39 is 0 Å². The van der Waals surface area contributed by atoms with E-state index in [2.05, 4.69) is 19.2 Å². The highest BCUT2D eigenvalue weighted by Crippen LogP contribution is 2.27. The van der Waals surface area contributed by atoms with Crippen LogP contribution in [-0.2, 0) is 0 Å². The van der Waals surface area contributed by atoms with Gasteiger partial charge in [0.1, 0.15) is 0 Å². The first-order valence-corrected chi connectivity index (χ1v) is 3.78. The molecule has 0 radical (unpaired) electrons. The van der Waals surface area contributed by atoms with E-state index in [1.54, 1.807) is 11.8 Å². The number of hydrogen-bond acceptors (Lipinski definition) is 3. The molecule has 1 aliphatic rings. The Bertz CT molecular complexity index is 92.4. The third kappa shape index (κ3) is 0.989. The van der Waals surface area contributed by atoms with E-state index in [0.29, 0.717) is 6.04 Å². The second kappa shape index (κ2) is 1.90. The van der Waals surface area contributed by atoms with Gasteiger partial charge in [0.2, 0.25) is 0 Å². The Morgan fingerprint density at radius 1 is 1.88 bits per heavy atom. The zero-order valence-electron chi connectivity index (χ0n) is 5.27. The van der Waals surface area contributed by atoms with E-state index in [-0.39, 0.29) is 4.87 Å². The quantitative estimate of drug-likeness (QED) is 0.499. The molecule has 0 spiro atoms. The molecule has 3 heteroatoms. The summed E-state index contributed by atoms with van der Waals surface area (Å²) in [5, 5.41) is 3.25. The standard InChI is InChI=1S/C5H12N2S/c1-4-5(2,6)8-3-7-4/h4,7H,3,6H2,1-2H3. The minimum Gasteiger partial charge on any atom is -0.316 e. The van der Waals surface area contributed by atoms with Gasteiger partial charge in [-0.25, -0.2) is 0 Å². The highest BCUT2D eigenvalue weighted by molar-refractivity contribution is 8.00. The van der Waals surface area contributed by atoms with Gasteiger partial charge in [-0.05, 0) is 13.8 Å². The minimum absolute atomic E-state index is 0.0417. The molecule has 2 nitrogen and oxygen atoms in total. The van der Waals surface area contributed by atoms with Crippen molar-refractivity contribution in [3.05, 3.63) is 0 Å². The normalized spacial score (nSPS) is 47.6. The van der Waals surface area contributed by atoms with Gasteiger partial charge >= 0.3 is 0 Å². The van der Waals surface area contributed by atoms with Crippen molar-refractivity contribution < 1.29 is 0 Å². The molecule has 0 amide bonds. The SMILES string of the molecule is CC1NCSC1(C)N. The maximum Gasteiger partial charge on any atom is 0.0757 e. The van der Waals surface area contributed by atoms with Crippen molar-refractivity contribution in [1.29, 1.82) is 0 Å². The maximum atomic E-state index is 5.82.